The fraction of sp³-hybridized carbons (Fsp3) is 0.556. The van der Waals surface area contributed by atoms with Crippen molar-refractivity contribution in [3.63, 3.8) is 0 Å². The molecule has 0 aromatic carbocycles. The minimum absolute atomic E-state index is 0.214. The van der Waals surface area contributed by atoms with Crippen LogP contribution in [0.3, 0.4) is 0 Å². The van der Waals surface area contributed by atoms with Crippen molar-refractivity contribution in [3.8, 4) is 0 Å². The molecule has 1 rings (SSSR count). The fourth-order valence-corrected chi connectivity index (χ4v) is 0.981. The van der Waals surface area contributed by atoms with E-state index >= 15 is 0 Å². The van der Waals surface area contributed by atoms with E-state index in [0.717, 1.165) is 6.42 Å². The standard InChI is InChI=1S/C9H13NO3/c1-4-5-12-9(11)8-6(2)10-7(3)13-8/h4-5H2,1-3H3. The molecule has 13 heavy (non-hydrogen) atoms. The van der Waals surface area contributed by atoms with Crippen molar-refractivity contribution >= 4 is 5.97 Å². The van der Waals surface area contributed by atoms with Crippen molar-refractivity contribution < 1.29 is 13.9 Å². The fourth-order valence-electron chi connectivity index (χ4n) is 0.981. The summed E-state index contributed by atoms with van der Waals surface area (Å²) in [5.41, 5.74) is 0.582. The molecule has 72 valence electrons. The minimum atomic E-state index is -0.431. The smallest absolute Gasteiger partial charge is 0.376 e. The highest BCUT2D eigenvalue weighted by Crippen LogP contribution is 2.10. The molecule has 0 spiro atoms. The molecule has 0 aliphatic rings. The molecule has 0 radical (unpaired) electrons. The average molecular weight is 183 g/mol. The number of hydrogen-bond acceptors (Lipinski definition) is 4. The van der Waals surface area contributed by atoms with Gasteiger partial charge in [-0.05, 0) is 13.3 Å². The number of aryl methyl sites for hydroxylation is 2. The minimum Gasteiger partial charge on any atom is -0.460 e. The summed E-state index contributed by atoms with van der Waals surface area (Å²) in [7, 11) is 0. The predicted molar refractivity (Wildman–Crippen MR) is 46.6 cm³/mol. The number of ether oxygens (including phenoxy) is 1. The molecule has 0 unspecified atom stereocenters. The van der Waals surface area contributed by atoms with E-state index in [2.05, 4.69) is 4.98 Å². The van der Waals surface area contributed by atoms with Gasteiger partial charge in [0.1, 0.15) is 0 Å². The number of aromatic nitrogens is 1. The third kappa shape index (κ3) is 2.31. The Bertz CT molecular complexity index is 304. The number of carbonyl (C=O) groups is 1. The van der Waals surface area contributed by atoms with Gasteiger partial charge in [0.25, 0.3) is 0 Å². The number of oxazole rings is 1. The van der Waals surface area contributed by atoms with E-state index in [1.54, 1.807) is 13.8 Å². The van der Waals surface area contributed by atoms with Crippen LogP contribution >= 0.6 is 0 Å². The lowest BCUT2D eigenvalue weighted by Gasteiger charge is -1.99. The van der Waals surface area contributed by atoms with Crippen molar-refractivity contribution in [1.82, 2.24) is 4.98 Å². The summed E-state index contributed by atoms with van der Waals surface area (Å²) < 4.78 is 9.99. The number of carbonyl (C=O) groups excluding carboxylic acids is 1. The summed E-state index contributed by atoms with van der Waals surface area (Å²) in [5, 5.41) is 0. The molecule has 1 aromatic heterocycles. The molecule has 0 bridgehead atoms. The average Bonchev–Trinajstić information content (AvgIpc) is 2.41. The molecule has 0 saturated heterocycles. The third-order valence-corrected chi connectivity index (χ3v) is 1.53. The monoisotopic (exact) mass is 183 g/mol. The molecule has 4 heteroatoms. The molecule has 0 atom stereocenters. The number of rotatable bonds is 3. The van der Waals surface area contributed by atoms with Gasteiger partial charge < -0.3 is 9.15 Å². The highest BCUT2D eigenvalue weighted by molar-refractivity contribution is 5.87. The number of nitrogens with zero attached hydrogens (tertiary/aromatic N) is 1. The summed E-state index contributed by atoms with van der Waals surface area (Å²) in [6, 6.07) is 0. The Labute approximate surface area is 76.9 Å². The van der Waals surface area contributed by atoms with Gasteiger partial charge in [-0.15, -0.1) is 0 Å². The first kappa shape index (κ1) is 9.77. The van der Waals surface area contributed by atoms with Crippen LogP contribution in [0.4, 0.5) is 0 Å². The van der Waals surface area contributed by atoms with Gasteiger partial charge in [-0.3, -0.25) is 0 Å². The molecule has 0 aliphatic heterocycles. The Morgan fingerprint density at radius 1 is 1.54 bits per heavy atom. The first-order valence-electron chi connectivity index (χ1n) is 4.26. The van der Waals surface area contributed by atoms with Gasteiger partial charge in [0.15, 0.2) is 5.89 Å². The summed E-state index contributed by atoms with van der Waals surface area (Å²) in [6.45, 7) is 5.77. The summed E-state index contributed by atoms with van der Waals surface area (Å²) >= 11 is 0. The second-order valence-electron chi connectivity index (χ2n) is 2.78. The van der Waals surface area contributed by atoms with Gasteiger partial charge in [-0.25, -0.2) is 9.78 Å². The topological polar surface area (TPSA) is 52.3 Å². The van der Waals surface area contributed by atoms with E-state index < -0.39 is 5.97 Å². The number of hydrogen-bond donors (Lipinski definition) is 0. The molecule has 0 saturated carbocycles. The first-order valence-corrected chi connectivity index (χ1v) is 4.26. The Morgan fingerprint density at radius 3 is 2.69 bits per heavy atom. The van der Waals surface area contributed by atoms with E-state index in [1.807, 2.05) is 6.92 Å². The van der Waals surface area contributed by atoms with Gasteiger partial charge in [-0.2, -0.15) is 0 Å². The van der Waals surface area contributed by atoms with Crippen LogP contribution in [0.5, 0.6) is 0 Å². The van der Waals surface area contributed by atoms with E-state index in [1.165, 1.54) is 0 Å². The zero-order valence-electron chi connectivity index (χ0n) is 8.09. The second-order valence-corrected chi connectivity index (χ2v) is 2.78. The van der Waals surface area contributed by atoms with Gasteiger partial charge in [0.2, 0.25) is 5.76 Å². The number of esters is 1. The molecule has 4 nitrogen and oxygen atoms in total. The van der Waals surface area contributed by atoms with E-state index in [4.69, 9.17) is 9.15 Å². The Hall–Kier alpha value is -1.32. The third-order valence-electron chi connectivity index (χ3n) is 1.53. The van der Waals surface area contributed by atoms with E-state index in [0.29, 0.717) is 18.2 Å². The van der Waals surface area contributed by atoms with Gasteiger partial charge in [-0.1, -0.05) is 6.92 Å². The Balaban J connectivity index is 2.70. The van der Waals surface area contributed by atoms with Crippen LogP contribution in [0.25, 0.3) is 0 Å². The molecule has 0 N–H and O–H groups in total. The predicted octanol–water partition coefficient (Wildman–Crippen LogP) is 1.86. The van der Waals surface area contributed by atoms with Crippen LogP contribution in [0.1, 0.15) is 35.5 Å². The molecule has 1 heterocycles. The summed E-state index contributed by atoms with van der Waals surface area (Å²) in [4.78, 5) is 15.3. The maximum Gasteiger partial charge on any atom is 0.376 e. The lowest BCUT2D eigenvalue weighted by atomic mass is 10.4. The Morgan fingerprint density at radius 2 is 2.23 bits per heavy atom. The van der Waals surface area contributed by atoms with E-state index in [-0.39, 0.29) is 5.76 Å². The lowest BCUT2D eigenvalue weighted by molar-refractivity contribution is 0.0466. The van der Waals surface area contributed by atoms with E-state index in [9.17, 15) is 4.79 Å². The molecule has 0 aliphatic carbocycles. The first-order chi connectivity index (χ1) is 6.15. The van der Waals surface area contributed by atoms with Crippen molar-refractivity contribution in [1.29, 1.82) is 0 Å². The van der Waals surface area contributed by atoms with Crippen molar-refractivity contribution in [2.24, 2.45) is 0 Å². The maximum atomic E-state index is 11.3. The lowest BCUT2D eigenvalue weighted by Crippen LogP contribution is -2.06. The molecule has 1 aromatic rings. The van der Waals surface area contributed by atoms with Crippen LogP contribution < -0.4 is 0 Å². The normalized spacial score (nSPS) is 10.1. The van der Waals surface area contributed by atoms with Crippen LogP contribution in [0.15, 0.2) is 4.42 Å². The second kappa shape index (κ2) is 4.07. The van der Waals surface area contributed by atoms with Crippen molar-refractivity contribution in [3.05, 3.63) is 17.3 Å². The van der Waals surface area contributed by atoms with Gasteiger partial charge in [0, 0.05) is 6.92 Å². The van der Waals surface area contributed by atoms with Crippen LogP contribution in [-0.2, 0) is 4.74 Å². The SMILES string of the molecule is CCCOC(=O)c1oc(C)nc1C. The highest BCUT2D eigenvalue weighted by atomic mass is 16.5. The zero-order chi connectivity index (χ0) is 9.84. The van der Waals surface area contributed by atoms with Crippen molar-refractivity contribution in [2.45, 2.75) is 27.2 Å². The maximum absolute atomic E-state index is 11.3. The molecule has 0 amide bonds. The summed E-state index contributed by atoms with van der Waals surface area (Å²) in [6.07, 6.45) is 0.803. The highest BCUT2D eigenvalue weighted by Gasteiger charge is 2.16. The molecule has 0 fully saturated rings. The van der Waals surface area contributed by atoms with Crippen molar-refractivity contribution in [2.75, 3.05) is 6.61 Å². The molecular weight excluding hydrogens is 170 g/mol. The zero-order valence-corrected chi connectivity index (χ0v) is 8.09. The van der Waals surface area contributed by atoms with Gasteiger partial charge in [0.05, 0.1) is 12.3 Å². The summed E-state index contributed by atoms with van der Waals surface area (Å²) in [5.74, 6) is 0.270. The van der Waals surface area contributed by atoms with Gasteiger partial charge >= 0.3 is 5.97 Å². The Kier molecular flexibility index (Phi) is 3.06. The van der Waals surface area contributed by atoms with Crippen LogP contribution in [0.2, 0.25) is 0 Å². The van der Waals surface area contributed by atoms with Crippen LogP contribution in [0, 0.1) is 13.8 Å². The van der Waals surface area contributed by atoms with Crippen LogP contribution in [-0.4, -0.2) is 17.6 Å². The molecular formula is C9H13NO3. The largest absolute Gasteiger partial charge is 0.460 e. The quantitative estimate of drug-likeness (QED) is 0.671.